The highest BCUT2D eigenvalue weighted by molar-refractivity contribution is 7.92. The highest BCUT2D eigenvalue weighted by atomic mass is 32.2. The van der Waals surface area contributed by atoms with Gasteiger partial charge in [-0.3, -0.25) is 4.72 Å². The molecular formula is C20H26N2O4S. The zero-order valence-electron chi connectivity index (χ0n) is 15.9. The summed E-state index contributed by atoms with van der Waals surface area (Å²) in [5.41, 5.74) is 1.97. The Labute approximate surface area is 160 Å². The van der Waals surface area contributed by atoms with Crippen molar-refractivity contribution in [2.24, 2.45) is 0 Å². The van der Waals surface area contributed by atoms with E-state index in [4.69, 9.17) is 0 Å². The predicted molar refractivity (Wildman–Crippen MR) is 108 cm³/mol. The first-order valence-corrected chi connectivity index (χ1v) is 10.5. The fraction of sp³-hybridized carbons (Fsp3) is 0.350. The Morgan fingerprint density at radius 1 is 1.11 bits per heavy atom. The number of unbranched alkanes of at least 4 members (excludes halogenated alkanes) is 1. The average molecular weight is 391 g/mol. The Balaban J connectivity index is 2.41. The Morgan fingerprint density at radius 3 is 2.33 bits per heavy atom. The van der Waals surface area contributed by atoms with Crippen LogP contribution in [0.4, 0.5) is 11.4 Å². The molecule has 0 fully saturated rings. The Kier molecular flexibility index (Phi) is 6.85. The second kappa shape index (κ2) is 8.90. The van der Waals surface area contributed by atoms with E-state index in [2.05, 4.69) is 11.6 Å². The third-order valence-electron chi connectivity index (χ3n) is 4.39. The molecule has 0 unspecified atom stereocenters. The minimum atomic E-state index is -3.83. The Hall–Kier alpha value is -2.54. The van der Waals surface area contributed by atoms with Crippen LogP contribution < -0.4 is 9.62 Å². The molecule has 0 saturated heterocycles. The van der Waals surface area contributed by atoms with Crippen molar-refractivity contribution in [1.82, 2.24) is 0 Å². The molecule has 0 aliphatic rings. The molecule has 27 heavy (non-hydrogen) atoms. The number of benzene rings is 2. The van der Waals surface area contributed by atoms with Crippen LogP contribution in [0.1, 0.15) is 42.6 Å². The maximum Gasteiger partial charge on any atom is 0.335 e. The lowest BCUT2D eigenvalue weighted by atomic mass is 10.1. The summed E-state index contributed by atoms with van der Waals surface area (Å²) in [6.45, 7) is 4.81. The molecule has 0 radical (unpaired) electrons. The summed E-state index contributed by atoms with van der Waals surface area (Å²) in [6, 6.07) is 11.1. The molecule has 2 aromatic rings. The molecule has 7 heteroatoms. The quantitative estimate of drug-likeness (QED) is 0.676. The largest absolute Gasteiger partial charge is 0.478 e. The molecule has 0 heterocycles. The predicted octanol–water partition coefficient (Wildman–Crippen LogP) is 3.98. The summed E-state index contributed by atoms with van der Waals surface area (Å²) in [4.78, 5) is 13.4. The summed E-state index contributed by atoms with van der Waals surface area (Å²) in [5.74, 6) is -1.11. The number of aromatic carboxylic acids is 1. The van der Waals surface area contributed by atoms with Crippen molar-refractivity contribution in [2.45, 2.75) is 38.0 Å². The van der Waals surface area contributed by atoms with Gasteiger partial charge < -0.3 is 10.0 Å². The minimum absolute atomic E-state index is 0.0293. The van der Waals surface area contributed by atoms with Crippen molar-refractivity contribution >= 4 is 27.4 Å². The van der Waals surface area contributed by atoms with E-state index in [1.54, 1.807) is 30.3 Å². The van der Waals surface area contributed by atoms with Crippen LogP contribution in [0.15, 0.2) is 47.4 Å². The molecule has 0 atom stereocenters. The van der Waals surface area contributed by atoms with Gasteiger partial charge >= 0.3 is 5.97 Å². The molecule has 146 valence electrons. The van der Waals surface area contributed by atoms with Gasteiger partial charge in [0.25, 0.3) is 10.0 Å². The Bertz CT molecular complexity index is 893. The number of rotatable bonds is 9. The lowest BCUT2D eigenvalue weighted by molar-refractivity contribution is 0.0697. The fourth-order valence-corrected chi connectivity index (χ4v) is 3.77. The summed E-state index contributed by atoms with van der Waals surface area (Å²) in [6.07, 6.45) is 2.77. The Morgan fingerprint density at radius 2 is 1.78 bits per heavy atom. The number of anilines is 2. The molecule has 2 N–H and O–H groups in total. The van der Waals surface area contributed by atoms with Gasteiger partial charge in [-0.25, -0.2) is 13.2 Å². The van der Waals surface area contributed by atoms with Gasteiger partial charge in [0.15, 0.2) is 0 Å². The highest BCUT2D eigenvalue weighted by Gasteiger charge is 2.19. The van der Waals surface area contributed by atoms with Crippen LogP contribution in [0.3, 0.4) is 0 Å². The van der Waals surface area contributed by atoms with Crippen LogP contribution in [-0.4, -0.2) is 33.1 Å². The van der Waals surface area contributed by atoms with Gasteiger partial charge in [0.1, 0.15) is 0 Å². The summed E-state index contributed by atoms with van der Waals surface area (Å²) in [5, 5.41) is 9.26. The SMILES string of the molecule is CCCCN(C)c1ccc(C(=O)O)cc1NS(=O)(=O)c1ccc(CC)cc1. The summed E-state index contributed by atoms with van der Waals surface area (Å²) < 4.78 is 28.1. The number of hydrogen-bond donors (Lipinski definition) is 2. The van der Waals surface area contributed by atoms with Crippen LogP contribution in [-0.2, 0) is 16.4 Å². The number of carbonyl (C=O) groups is 1. The van der Waals surface area contributed by atoms with Crippen molar-refractivity contribution < 1.29 is 18.3 Å². The molecule has 6 nitrogen and oxygen atoms in total. The van der Waals surface area contributed by atoms with Crippen molar-refractivity contribution in [3.8, 4) is 0 Å². The second-order valence-corrected chi connectivity index (χ2v) is 8.10. The molecule has 2 rings (SSSR count). The molecule has 0 bridgehead atoms. The van der Waals surface area contributed by atoms with Gasteiger partial charge in [0.05, 0.1) is 21.8 Å². The first-order chi connectivity index (χ1) is 12.8. The van der Waals surface area contributed by atoms with Crippen LogP contribution in [0.5, 0.6) is 0 Å². The lowest BCUT2D eigenvalue weighted by Crippen LogP contribution is -2.22. The fourth-order valence-electron chi connectivity index (χ4n) is 2.71. The maximum atomic E-state index is 12.8. The first-order valence-electron chi connectivity index (χ1n) is 8.98. The van der Waals surface area contributed by atoms with E-state index >= 15 is 0 Å². The zero-order chi connectivity index (χ0) is 20.0. The van der Waals surface area contributed by atoms with E-state index in [1.807, 2.05) is 18.9 Å². The van der Waals surface area contributed by atoms with Crippen LogP contribution in [0, 0.1) is 0 Å². The van der Waals surface area contributed by atoms with E-state index in [0.717, 1.165) is 31.4 Å². The number of aryl methyl sites for hydroxylation is 1. The maximum absolute atomic E-state index is 12.8. The monoisotopic (exact) mass is 390 g/mol. The molecule has 2 aromatic carbocycles. The molecule has 0 spiro atoms. The van der Waals surface area contributed by atoms with E-state index in [-0.39, 0.29) is 16.1 Å². The van der Waals surface area contributed by atoms with Crippen LogP contribution in [0.2, 0.25) is 0 Å². The van der Waals surface area contributed by atoms with E-state index in [9.17, 15) is 18.3 Å². The van der Waals surface area contributed by atoms with Crippen molar-refractivity contribution in [3.63, 3.8) is 0 Å². The third kappa shape index (κ3) is 5.23. The second-order valence-electron chi connectivity index (χ2n) is 6.42. The minimum Gasteiger partial charge on any atom is -0.478 e. The molecule has 0 saturated carbocycles. The first kappa shape index (κ1) is 20.8. The standard InChI is InChI=1S/C20H26N2O4S/c1-4-6-13-22(3)19-12-9-16(20(23)24)14-18(19)21-27(25,26)17-10-7-15(5-2)8-11-17/h7-12,14,21H,4-6,13H2,1-3H3,(H,23,24). The summed E-state index contributed by atoms with van der Waals surface area (Å²) in [7, 11) is -1.97. The van der Waals surface area contributed by atoms with E-state index < -0.39 is 16.0 Å². The van der Waals surface area contributed by atoms with Gasteiger partial charge in [-0.15, -0.1) is 0 Å². The normalized spacial score (nSPS) is 11.2. The van der Waals surface area contributed by atoms with Crippen molar-refractivity contribution in [2.75, 3.05) is 23.2 Å². The summed E-state index contributed by atoms with van der Waals surface area (Å²) >= 11 is 0. The van der Waals surface area contributed by atoms with Gasteiger partial charge in [0, 0.05) is 13.6 Å². The number of nitrogens with zero attached hydrogens (tertiary/aromatic N) is 1. The van der Waals surface area contributed by atoms with Crippen molar-refractivity contribution in [1.29, 1.82) is 0 Å². The average Bonchev–Trinajstić information content (AvgIpc) is 2.65. The van der Waals surface area contributed by atoms with E-state index in [1.165, 1.54) is 12.1 Å². The van der Waals surface area contributed by atoms with Crippen LogP contribution in [0.25, 0.3) is 0 Å². The molecular weight excluding hydrogens is 364 g/mol. The number of hydrogen-bond acceptors (Lipinski definition) is 4. The number of carboxylic acid groups (broad SMARTS) is 1. The topological polar surface area (TPSA) is 86.7 Å². The lowest BCUT2D eigenvalue weighted by Gasteiger charge is -2.23. The van der Waals surface area contributed by atoms with Crippen molar-refractivity contribution in [3.05, 3.63) is 53.6 Å². The highest BCUT2D eigenvalue weighted by Crippen LogP contribution is 2.29. The zero-order valence-corrected chi connectivity index (χ0v) is 16.7. The molecule has 0 aliphatic heterocycles. The molecule has 0 aromatic heterocycles. The third-order valence-corrected chi connectivity index (χ3v) is 5.77. The van der Waals surface area contributed by atoms with Gasteiger partial charge in [-0.1, -0.05) is 32.4 Å². The van der Waals surface area contributed by atoms with Gasteiger partial charge in [-0.05, 0) is 48.7 Å². The smallest absolute Gasteiger partial charge is 0.335 e. The molecule has 0 amide bonds. The van der Waals surface area contributed by atoms with Gasteiger partial charge in [0.2, 0.25) is 0 Å². The van der Waals surface area contributed by atoms with E-state index in [0.29, 0.717) is 5.69 Å². The molecule has 0 aliphatic carbocycles. The number of nitrogens with one attached hydrogen (secondary N) is 1. The number of carboxylic acids is 1. The number of sulfonamides is 1. The van der Waals surface area contributed by atoms with Gasteiger partial charge in [-0.2, -0.15) is 0 Å². The van der Waals surface area contributed by atoms with Crippen LogP contribution >= 0.6 is 0 Å².